The summed E-state index contributed by atoms with van der Waals surface area (Å²) in [7, 11) is 1.83. The van der Waals surface area contributed by atoms with E-state index in [1.807, 2.05) is 31.1 Å². The van der Waals surface area contributed by atoms with E-state index in [1.54, 1.807) is 60.7 Å². The quantitative estimate of drug-likeness (QED) is 0.0312. The predicted octanol–water partition coefficient (Wildman–Crippen LogP) is -1.03. The van der Waals surface area contributed by atoms with E-state index in [9.17, 15) is 66.3 Å². The van der Waals surface area contributed by atoms with Crippen molar-refractivity contribution in [3.63, 3.8) is 0 Å². The largest absolute Gasteiger partial charge is 0.508 e. The molecule has 2 saturated heterocycles. The molecule has 474 valence electrons. The molecule has 0 aliphatic carbocycles. The molecule has 2 fully saturated rings. The summed E-state index contributed by atoms with van der Waals surface area (Å²) in [5, 5.41) is 29.2. The Morgan fingerprint density at radius 2 is 1.33 bits per heavy atom. The van der Waals surface area contributed by atoms with Gasteiger partial charge >= 0.3 is 0 Å². The van der Waals surface area contributed by atoms with E-state index in [4.69, 9.17) is 17.2 Å². The number of phenols is 1. The van der Waals surface area contributed by atoms with E-state index >= 15 is 0 Å². The number of amides is 11. The smallest absolute Gasteiger partial charge is 0.246 e. The molecule has 7 unspecified atom stereocenters. The fourth-order valence-electron chi connectivity index (χ4n) is 9.93. The van der Waals surface area contributed by atoms with E-state index in [1.165, 1.54) is 23.1 Å². The van der Waals surface area contributed by atoms with Crippen LogP contribution in [0.25, 0.3) is 10.8 Å². The van der Waals surface area contributed by atoms with Gasteiger partial charge in [-0.05, 0) is 73.9 Å². The molecule has 27 nitrogen and oxygen atoms in total. The first-order valence-electron chi connectivity index (χ1n) is 28.4. The number of benzene rings is 4. The van der Waals surface area contributed by atoms with Gasteiger partial charge in [0, 0.05) is 80.8 Å². The Morgan fingerprint density at radius 3 is 2.00 bits per heavy atom. The molecule has 0 radical (unpaired) electrons. The molecule has 15 N–H and O–H groups in total. The van der Waals surface area contributed by atoms with Crippen molar-refractivity contribution < 1.29 is 66.3 Å². The Labute approximate surface area is 516 Å². The molecular weight excluding hydrogens is 1200 g/mol. The van der Waals surface area contributed by atoms with Crippen molar-refractivity contribution >= 4 is 113 Å². The minimum Gasteiger partial charge on any atom is -0.508 e. The fraction of sp³-hybridized carbons (Fsp3) is 0.431. The van der Waals surface area contributed by atoms with E-state index in [0.717, 1.165) is 32.7 Å². The Balaban J connectivity index is 1.22. The van der Waals surface area contributed by atoms with Gasteiger partial charge in [0.05, 0.1) is 17.9 Å². The van der Waals surface area contributed by atoms with Crippen molar-refractivity contribution in [2.24, 2.45) is 17.2 Å². The molecule has 30 heteroatoms. The molecule has 0 spiro atoms. The Bertz CT molecular complexity index is 3310. The van der Waals surface area contributed by atoms with Crippen LogP contribution in [0.2, 0.25) is 0 Å². The summed E-state index contributed by atoms with van der Waals surface area (Å²) in [5.74, 6) is -9.87. The topological polar surface area (TPSA) is 423 Å². The highest BCUT2D eigenvalue weighted by Crippen LogP contribution is 2.31. The standard InChI is InChI=1S/C58H75N13O14S3/c1-70(2)45-16-8-14-38-37(45)13-9-18-47(38)88(84,85)63-26-7-6-15-39(52(77)62-32-50(61)75)66-57(82)46-17-10-27-71(46)58(83)44-33-87-86-28-25-51(76)64-41(30-35-19-21-36(72)22-20-35)54(79)67-42(29-34-11-4-3-5-12-34)55(80)65-40(23-24-48(59)73)53(78)68-43(31-49(60)74)56(81)69-44/h3-5,8-9,11-14,16,18-22,39-44,46,63,72H,6-7,10,15,17,23-33H2,1-2H3,(H2,59,73)(H2,60,74)(H2,61,75)(H,62,77)(H,64,76)(H,65,80)(H,66,82)(H,67,79)(H,68,78)(H,69,81). The SMILES string of the molecule is CN(C)c1cccc2c(S(=O)(=O)NCCCCC(NC(=O)C3CCCN3C(=O)C3CSSCCC(=O)NC(Cc4ccc(O)cc4)C(=O)NC(Cc4ccccc4)C(=O)NC(CCC(N)=O)C(=O)NC(CC(N)=O)C(=O)N3)C(=O)NCC(N)=O)cccc12. The number of anilines is 1. The number of carbonyl (C=O) groups excluding carboxylic acids is 11. The summed E-state index contributed by atoms with van der Waals surface area (Å²) in [6.45, 7) is -0.639. The van der Waals surface area contributed by atoms with Crippen LogP contribution in [0.3, 0.4) is 0 Å². The molecule has 4 aromatic rings. The third-order valence-electron chi connectivity index (χ3n) is 14.4. The second kappa shape index (κ2) is 33.0. The molecular formula is C58H75N13O14S3. The monoisotopic (exact) mass is 1270 g/mol. The number of primary amides is 3. The lowest BCUT2D eigenvalue weighted by molar-refractivity contribution is -0.142. The second-order valence-electron chi connectivity index (χ2n) is 21.3. The first-order chi connectivity index (χ1) is 41.9. The third-order valence-corrected chi connectivity index (χ3v) is 18.3. The molecule has 6 rings (SSSR count). The Hall–Kier alpha value is -8.48. The van der Waals surface area contributed by atoms with Gasteiger partial charge in [-0.3, -0.25) is 52.7 Å². The Kier molecular flexibility index (Phi) is 25.8. The maximum absolute atomic E-state index is 14.8. The highest BCUT2D eigenvalue weighted by Gasteiger charge is 2.41. The van der Waals surface area contributed by atoms with Crippen LogP contribution in [-0.4, -0.2) is 171 Å². The van der Waals surface area contributed by atoms with E-state index in [2.05, 4.69) is 41.9 Å². The molecule has 0 saturated carbocycles. The lowest BCUT2D eigenvalue weighted by Crippen LogP contribution is -2.61. The molecule has 2 aliphatic rings. The number of rotatable bonds is 23. The number of nitrogens with one attached hydrogen (secondary N) is 8. The van der Waals surface area contributed by atoms with Crippen LogP contribution in [0.1, 0.15) is 68.9 Å². The normalized spacial score (nSPS) is 20.4. The van der Waals surface area contributed by atoms with Crippen molar-refractivity contribution in [3.8, 4) is 5.75 Å². The summed E-state index contributed by atoms with van der Waals surface area (Å²) in [4.78, 5) is 153. The molecule has 88 heavy (non-hydrogen) atoms. The lowest BCUT2D eigenvalue weighted by atomic mass is 10.0. The van der Waals surface area contributed by atoms with Crippen LogP contribution < -0.4 is 64.0 Å². The summed E-state index contributed by atoms with van der Waals surface area (Å²) in [5.41, 5.74) is 18.3. The molecule has 0 bridgehead atoms. The number of likely N-dealkylation sites (tertiary alicyclic amines) is 1. The summed E-state index contributed by atoms with van der Waals surface area (Å²) in [6.07, 6.45) is -1.43. The highest BCUT2D eigenvalue weighted by molar-refractivity contribution is 8.76. The van der Waals surface area contributed by atoms with Gasteiger partial charge in [0.25, 0.3) is 0 Å². The number of nitrogens with two attached hydrogens (primary N) is 3. The van der Waals surface area contributed by atoms with Crippen LogP contribution >= 0.6 is 21.6 Å². The van der Waals surface area contributed by atoms with E-state index < -0.39 is 143 Å². The van der Waals surface area contributed by atoms with Gasteiger partial charge in [0.15, 0.2) is 0 Å². The van der Waals surface area contributed by atoms with Crippen molar-refractivity contribution in [1.82, 2.24) is 46.8 Å². The summed E-state index contributed by atoms with van der Waals surface area (Å²) < 4.78 is 29.8. The molecule has 7 atom stereocenters. The van der Waals surface area contributed by atoms with Crippen LogP contribution in [0.5, 0.6) is 5.75 Å². The van der Waals surface area contributed by atoms with Gasteiger partial charge < -0.3 is 69.3 Å². The number of aromatic hydroxyl groups is 1. The van der Waals surface area contributed by atoms with Crippen molar-refractivity contribution in [2.45, 2.75) is 118 Å². The lowest BCUT2D eigenvalue weighted by Gasteiger charge is -2.31. The maximum atomic E-state index is 14.8. The fourth-order valence-corrected chi connectivity index (χ4v) is 13.4. The zero-order chi connectivity index (χ0) is 64.1. The molecule has 11 amide bonds. The minimum absolute atomic E-state index is 0.0139. The van der Waals surface area contributed by atoms with Crippen LogP contribution in [0.15, 0.2) is 95.9 Å². The van der Waals surface area contributed by atoms with Gasteiger partial charge in [-0.15, -0.1) is 0 Å². The van der Waals surface area contributed by atoms with Crippen LogP contribution in [0, 0.1) is 0 Å². The number of hydrogen-bond donors (Lipinski definition) is 12. The van der Waals surface area contributed by atoms with Gasteiger partial charge in [-0.2, -0.15) is 0 Å². The number of phenolic OH excluding ortho intramolecular Hbond substituents is 1. The zero-order valence-corrected chi connectivity index (χ0v) is 51.1. The van der Waals surface area contributed by atoms with Crippen molar-refractivity contribution in [2.75, 3.05) is 50.1 Å². The Morgan fingerprint density at radius 1 is 0.705 bits per heavy atom. The van der Waals surface area contributed by atoms with Crippen LogP contribution in [-0.2, 0) is 75.6 Å². The molecule has 0 aromatic heterocycles. The molecule has 4 aromatic carbocycles. The van der Waals surface area contributed by atoms with Gasteiger partial charge in [0.1, 0.15) is 48.0 Å². The number of hydrogen-bond acceptors (Lipinski definition) is 17. The van der Waals surface area contributed by atoms with Gasteiger partial charge in [0.2, 0.25) is 75.0 Å². The minimum atomic E-state index is -4.03. The number of carbonyl (C=O) groups is 11. The first-order valence-corrected chi connectivity index (χ1v) is 32.4. The first kappa shape index (κ1) is 68.6. The van der Waals surface area contributed by atoms with Gasteiger partial charge in [-0.25, -0.2) is 13.1 Å². The summed E-state index contributed by atoms with van der Waals surface area (Å²) >= 11 is 0. The number of nitrogens with zero attached hydrogens (tertiary/aromatic N) is 2. The average Bonchev–Trinajstić information content (AvgIpc) is 1.68. The number of unbranched alkanes of at least 4 members (excludes halogenated alkanes) is 1. The molecule has 2 heterocycles. The number of fused-ring (bicyclic) bond motifs is 1. The second-order valence-corrected chi connectivity index (χ2v) is 25.7. The predicted molar refractivity (Wildman–Crippen MR) is 330 cm³/mol. The third kappa shape index (κ3) is 20.6. The van der Waals surface area contributed by atoms with Crippen LogP contribution in [0.4, 0.5) is 5.69 Å². The maximum Gasteiger partial charge on any atom is 0.246 e. The van der Waals surface area contributed by atoms with Crippen molar-refractivity contribution in [1.29, 1.82) is 0 Å². The average molecular weight is 1270 g/mol. The van der Waals surface area contributed by atoms with E-state index in [0.29, 0.717) is 16.5 Å². The van der Waals surface area contributed by atoms with Gasteiger partial charge in [-0.1, -0.05) is 88.3 Å². The highest BCUT2D eigenvalue weighted by atomic mass is 33.1. The zero-order valence-electron chi connectivity index (χ0n) is 48.6. The summed E-state index contributed by atoms with van der Waals surface area (Å²) in [6, 6.07) is 14.5. The van der Waals surface area contributed by atoms with E-state index in [-0.39, 0.29) is 86.6 Å². The molecule has 2 aliphatic heterocycles. The number of sulfonamides is 1. The van der Waals surface area contributed by atoms with Crippen molar-refractivity contribution in [3.05, 3.63) is 102 Å².